The van der Waals surface area contributed by atoms with Crippen molar-refractivity contribution >= 4 is 0 Å². The van der Waals surface area contributed by atoms with Gasteiger partial charge in [-0.2, -0.15) is 0 Å². The molecule has 1 nitrogen and oxygen atoms in total. The van der Waals surface area contributed by atoms with Crippen LogP contribution in [0.4, 0.5) is 0 Å². The second kappa shape index (κ2) is 5.34. The second-order valence-electron chi connectivity index (χ2n) is 5.68. The lowest BCUT2D eigenvalue weighted by atomic mass is 9.73. The van der Waals surface area contributed by atoms with Gasteiger partial charge in [-0.15, -0.1) is 0 Å². The molecule has 88 valence electrons. The molecule has 0 spiro atoms. The monoisotopic (exact) mass is 209 g/mol. The molecular weight excluding hydrogens is 182 g/mol. The molecule has 15 heavy (non-hydrogen) atoms. The third-order valence-corrected chi connectivity index (χ3v) is 5.01. The van der Waals surface area contributed by atoms with Crippen molar-refractivity contribution in [1.29, 1.82) is 0 Å². The zero-order chi connectivity index (χ0) is 10.7. The third kappa shape index (κ3) is 2.55. The van der Waals surface area contributed by atoms with Crippen LogP contribution in [0.5, 0.6) is 0 Å². The van der Waals surface area contributed by atoms with Crippen molar-refractivity contribution in [3.63, 3.8) is 0 Å². The maximum absolute atomic E-state index is 3.54. The summed E-state index contributed by atoms with van der Waals surface area (Å²) in [7, 11) is 2.15. The number of hydrogen-bond donors (Lipinski definition) is 1. The molecule has 2 unspecified atom stereocenters. The van der Waals surface area contributed by atoms with Crippen LogP contribution in [0.1, 0.15) is 58.3 Å². The first-order chi connectivity index (χ1) is 7.35. The maximum Gasteiger partial charge on any atom is 0.00949 e. The van der Waals surface area contributed by atoms with Crippen LogP contribution in [0.3, 0.4) is 0 Å². The summed E-state index contributed by atoms with van der Waals surface area (Å²) >= 11 is 0. The van der Waals surface area contributed by atoms with Gasteiger partial charge < -0.3 is 5.32 Å². The molecule has 0 aromatic heterocycles. The SMILES string of the molecule is CCC1CCC(C2CCCC2NC)CC1. The Balaban J connectivity index is 1.84. The van der Waals surface area contributed by atoms with Crippen LogP contribution < -0.4 is 5.32 Å². The lowest BCUT2D eigenvalue weighted by molar-refractivity contribution is 0.183. The van der Waals surface area contributed by atoms with Crippen LogP contribution in [0.2, 0.25) is 0 Å². The van der Waals surface area contributed by atoms with Gasteiger partial charge in [0.2, 0.25) is 0 Å². The molecule has 1 N–H and O–H groups in total. The molecule has 0 heterocycles. The fourth-order valence-corrected chi connectivity index (χ4v) is 3.94. The van der Waals surface area contributed by atoms with E-state index in [4.69, 9.17) is 0 Å². The Hall–Kier alpha value is -0.0400. The minimum atomic E-state index is 0.841. The van der Waals surface area contributed by atoms with Crippen molar-refractivity contribution in [3.05, 3.63) is 0 Å². The Bertz CT molecular complexity index is 182. The zero-order valence-corrected chi connectivity index (χ0v) is 10.5. The van der Waals surface area contributed by atoms with E-state index in [1.54, 1.807) is 0 Å². The minimum absolute atomic E-state index is 0.841. The van der Waals surface area contributed by atoms with Crippen LogP contribution in [-0.2, 0) is 0 Å². The summed E-state index contributed by atoms with van der Waals surface area (Å²) in [5.41, 5.74) is 0. The third-order valence-electron chi connectivity index (χ3n) is 5.01. The molecule has 0 amide bonds. The van der Waals surface area contributed by atoms with Crippen LogP contribution in [0, 0.1) is 17.8 Å². The summed E-state index contributed by atoms with van der Waals surface area (Å²) in [5, 5.41) is 3.54. The summed E-state index contributed by atoms with van der Waals surface area (Å²) in [6, 6.07) is 0.841. The van der Waals surface area contributed by atoms with Crippen molar-refractivity contribution in [2.24, 2.45) is 17.8 Å². The highest BCUT2D eigenvalue weighted by atomic mass is 14.9. The van der Waals surface area contributed by atoms with E-state index >= 15 is 0 Å². The lowest BCUT2D eigenvalue weighted by Crippen LogP contribution is -2.35. The first-order valence-corrected chi connectivity index (χ1v) is 7.02. The Morgan fingerprint density at radius 3 is 2.33 bits per heavy atom. The standard InChI is InChI=1S/C14H27N/c1-3-11-7-9-12(10-8-11)13-5-4-6-14(13)15-2/h11-15H,3-10H2,1-2H3. The van der Waals surface area contributed by atoms with Crippen molar-refractivity contribution < 1.29 is 0 Å². The van der Waals surface area contributed by atoms with Gasteiger partial charge in [-0.25, -0.2) is 0 Å². The van der Waals surface area contributed by atoms with Crippen molar-refractivity contribution in [3.8, 4) is 0 Å². The van der Waals surface area contributed by atoms with Crippen LogP contribution >= 0.6 is 0 Å². The van der Waals surface area contributed by atoms with Gasteiger partial charge in [0.1, 0.15) is 0 Å². The van der Waals surface area contributed by atoms with E-state index in [1.165, 1.54) is 51.4 Å². The molecule has 1 heteroatoms. The van der Waals surface area contributed by atoms with Crippen molar-refractivity contribution in [2.75, 3.05) is 7.05 Å². The number of nitrogens with one attached hydrogen (secondary N) is 1. The summed E-state index contributed by atoms with van der Waals surface area (Å²) in [4.78, 5) is 0. The second-order valence-corrected chi connectivity index (χ2v) is 5.68. The first kappa shape index (κ1) is 11.4. The number of rotatable bonds is 3. The fraction of sp³-hybridized carbons (Fsp3) is 1.00. The fourth-order valence-electron chi connectivity index (χ4n) is 3.94. The minimum Gasteiger partial charge on any atom is -0.317 e. The normalized spacial score (nSPS) is 42.0. The van der Waals surface area contributed by atoms with E-state index in [0.29, 0.717) is 0 Å². The average molecular weight is 209 g/mol. The summed E-state index contributed by atoms with van der Waals surface area (Å²) in [6.45, 7) is 2.36. The predicted molar refractivity (Wildman–Crippen MR) is 65.9 cm³/mol. The maximum atomic E-state index is 3.54. The molecular formula is C14H27N. The van der Waals surface area contributed by atoms with E-state index in [9.17, 15) is 0 Å². The molecule has 0 aromatic rings. The molecule has 0 aromatic carbocycles. The molecule has 0 aliphatic heterocycles. The summed E-state index contributed by atoms with van der Waals surface area (Å²) in [6.07, 6.45) is 11.8. The quantitative estimate of drug-likeness (QED) is 0.749. The van der Waals surface area contributed by atoms with Gasteiger partial charge in [-0.05, 0) is 50.5 Å². The van der Waals surface area contributed by atoms with Gasteiger partial charge in [0.25, 0.3) is 0 Å². The van der Waals surface area contributed by atoms with Gasteiger partial charge in [0.05, 0.1) is 0 Å². The Labute approximate surface area is 95.0 Å². The van der Waals surface area contributed by atoms with Crippen LogP contribution in [0.25, 0.3) is 0 Å². The predicted octanol–water partition coefficient (Wildman–Crippen LogP) is 3.59. The molecule has 2 saturated carbocycles. The van der Waals surface area contributed by atoms with Crippen molar-refractivity contribution in [1.82, 2.24) is 5.32 Å². The topological polar surface area (TPSA) is 12.0 Å². The Morgan fingerprint density at radius 1 is 1.00 bits per heavy atom. The average Bonchev–Trinajstić information content (AvgIpc) is 2.77. The van der Waals surface area contributed by atoms with E-state index in [2.05, 4.69) is 19.3 Å². The molecule has 2 aliphatic carbocycles. The van der Waals surface area contributed by atoms with Crippen LogP contribution in [0.15, 0.2) is 0 Å². The highest BCUT2D eigenvalue weighted by Crippen LogP contribution is 2.41. The molecule has 2 aliphatic rings. The van der Waals surface area contributed by atoms with Gasteiger partial charge >= 0.3 is 0 Å². The molecule has 0 radical (unpaired) electrons. The summed E-state index contributed by atoms with van der Waals surface area (Å²) < 4.78 is 0. The molecule has 2 atom stereocenters. The van der Waals surface area contributed by atoms with E-state index in [0.717, 1.165) is 23.8 Å². The highest BCUT2D eigenvalue weighted by Gasteiger charge is 2.34. The largest absolute Gasteiger partial charge is 0.317 e. The molecule has 2 rings (SSSR count). The molecule has 0 saturated heterocycles. The van der Waals surface area contributed by atoms with E-state index in [-0.39, 0.29) is 0 Å². The smallest absolute Gasteiger partial charge is 0.00949 e. The lowest BCUT2D eigenvalue weighted by Gasteiger charge is -2.34. The Kier molecular flexibility index (Phi) is 4.07. The van der Waals surface area contributed by atoms with Gasteiger partial charge in [0, 0.05) is 6.04 Å². The highest BCUT2D eigenvalue weighted by molar-refractivity contribution is 4.88. The van der Waals surface area contributed by atoms with Crippen LogP contribution in [-0.4, -0.2) is 13.1 Å². The van der Waals surface area contributed by atoms with E-state index in [1.807, 2.05) is 0 Å². The van der Waals surface area contributed by atoms with Gasteiger partial charge in [-0.3, -0.25) is 0 Å². The number of hydrogen-bond acceptors (Lipinski definition) is 1. The first-order valence-electron chi connectivity index (χ1n) is 7.02. The molecule has 2 fully saturated rings. The van der Waals surface area contributed by atoms with Gasteiger partial charge in [-0.1, -0.05) is 32.6 Å². The van der Waals surface area contributed by atoms with E-state index < -0.39 is 0 Å². The molecule has 0 bridgehead atoms. The van der Waals surface area contributed by atoms with Crippen molar-refractivity contribution in [2.45, 2.75) is 64.3 Å². The zero-order valence-electron chi connectivity index (χ0n) is 10.5. The summed E-state index contributed by atoms with van der Waals surface area (Å²) in [5.74, 6) is 3.11. The Morgan fingerprint density at radius 2 is 1.73 bits per heavy atom. The van der Waals surface area contributed by atoms with Gasteiger partial charge in [0.15, 0.2) is 0 Å².